The molecule has 3 heterocycles. The quantitative estimate of drug-likeness (QED) is 0.558. The average Bonchev–Trinajstić information content (AvgIpc) is 2.73. The molecule has 0 saturated heterocycles. The van der Waals surface area contributed by atoms with Gasteiger partial charge in [-0.05, 0) is 24.1 Å². The molecule has 2 aromatic carbocycles. The Kier molecular flexibility index (Phi) is 3.56. The summed E-state index contributed by atoms with van der Waals surface area (Å²) >= 11 is 0. The van der Waals surface area contributed by atoms with E-state index in [2.05, 4.69) is 20.9 Å². The van der Waals surface area contributed by atoms with Gasteiger partial charge in [0, 0.05) is 23.7 Å². The smallest absolute Gasteiger partial charge is 0.162 e. The first-order chi connectivity index (χ1) is 12.9. The zero-order valence-electron chi connectivity index (χ0n) is 14.2. The number of anilines is 1. The highest BCUT2D eigenvalue weighted by Crippen LogP contribution is 2.30. The summed E-state index contributed by atoms with van der Waals surface area (Å²) in [5.41, 5.74) is 4.30. The topological polar surface area (TPSA) is 54.8 Å². The number of fused-ring (bicyclic) bond motifs is 2. The minimum absolute atomic E-state index is 0.743. The van der Waals surface area contributed by atoms with Gasteiger partial charge in [0.25, 0.3) is 0 Å². The summed E-state index contributed by atoms with van der Waals surface area (Å²) < 4.78 is 0. The summed E-state index contributed by atoms with van der Waals surface area (Å²) in [6, 6.07) is 18.3. The standard InChI is InChI=1S/C21H17N5/c1-2-6-15(7-3-1)20-24-18-9-5-4-8-17(18)21(25-20)26-11-10-16-12-22-14-23-19(16)13-26/h1-9,12,14H,10-11,13H2. The van der Waals surface area contributed by atoms with Gasteiger partial charge in [-0.25, -0.2) is 19.9 Å². The van der Waals surface area contributed by atoms with Crippen LogP contribution < -0.4 is 4.90 Å². The first-order valence-corrected chi connectivity index (χ1v) is 8.73. The summed E-state index contributed by atoms with van der Waals surface area (Å²) in [5.74, 6) is 1.73. The molecular formula is C21H17N5. The lowest BCUT2D eigenvalue weighted by atomic mass is 10.1. The lowest BCUT2D eigenvalue weighted by Gasteiger charge is -2.29. The maximum absolute atomic E-state index is 4.94. The van der Waals surface area contributed by atoms with Crippen molar-refractivity contribution in [1.29, 1.82) is 0 Å². The molecule has 0 atom stereocenters. The van der Waals surface area contributed by atoms with E-state index in [1.54, 1.807) is 6.33 Å². The fourth-order valence-corrected chi connectivity index (χ4v) is 3.45. The molecule has 0 N–H and O–H groups in total. The number of hydrogen-bond acceptors (Lipinski definition) is 5. The second-order valence-electron chi connectivity index (χ2n) is 6.42. The summed E-state index contributed by atoms with van der Waals surface area (Å²) in [7, 11) is 0. The molecule has 1 aliphatic rings. The molecule has 0 saturated carbocycles. The van der Waals surface area contributed by atoms with Crippen LogP contribution in [-0.4, -0.2) is 26.5 Å². The fourth-order valence-electron chi connectivity index (χ4n) is 3.45. The summed E-state index contributed by atoms with van der Waals surface area (Å²) in [5, 5.41) is 1.07. The molecule has 126 valence electrons. The number of hydrogen-bond donors (Lipinski definition) is 0. The van der Waals surface area contributed by atoms with E-state index in [1.807, 2.05) is 54.7 Å². The van der Waals surface area contributed by atoms with Crippen molar-refractivity contribution < 1.29 is 0 Å². The normalized spacial score (nSPS) is 13.6. The average molecular weight is 339 g/mol. The highest BCUT2D eigenvalue weighted by molar-refractivity contribution is 5.91. The minimum Gasteiger partial charge on any atom is -0.350 e. The Morgan fingerprint density at radius 1 is 0.885 bits per heavy atom. The Morgan fingerprint density at radius 2 is 1.73 bits per heavy atom. The zero-order chi connectivity index (χ0) is 17.3. The molecule has 0 spiro atoms. The van der Waals surface area contributed by atoms with Gasteiger partial charge in [-0.3, -0.25) is 0 Å². The van der Waals surface area contributed by atoms with Gasteiger partial charge in [0.1, 0.15) is 12.1 Å². The predicted molar refractivity (Wildman–Crippen MR) is 102 cm³/mol. The monoisotopic (exact) mass is 339 g/mol. The Bertz CT molecular complexity index is 1080. The number of rotatable bonds is 2. The molecule has 5 heteroatoms. The molecule has 5 nitrogen and oxygen atoms in total. The van der Waals surface area contributed by atoms with Crippen molar-refractivity contribution in [2.75, 3.05) is 11.4 Å². The first-order valence-electron chi connectivity index (χ1n) is 8.73. The number of para-hydroxylation sites is 1. The third-order valence-electron chi connectivity index (χ3n) is 4.79. The SMILES string of the molecule is c1ccc(-c2nc(N3CCc4cncnc4C3)c3ccccc3n2)cc1. The lowest BCUT2D eigenvalue weighted by Crippen LogP contribution is -2.32. The lowest BCUT2D eigenvalue weighted by molar-refractivity contribution is 0.697. The molecule has 0 amide bonds. The van der Waals surface area contributed by atoms with Crippen LogP contribution in [0.1, 0.15) is 11.3 Å². The second kappa shape index (κ2) is 6.19. The predicted octanol–water partition coefficient (Wildman–Crippen LogP) is 3.65. The van der Waals surface area contributed by atoms with Crippen LogP contribution in [0.3, 0.4) is 0 Å². The van der Waals surface area contributed by atoms with Crippen LogP contribution in [0.2, 0.25) is 0 Å². The maximum Gasteiger partial charge on any atom is 0.162 e. The molecule has 0 bridgehead atoms. The Hall–Kier alpha value is -3.34. The third kappa shape index (κ3) is 2.58. The molecule has 0 fully saturated rings. The highest BCUT2D eigenvalue weighted by Gasteiger charge is 2.21. The molecular weight excluding hydrogens is 322 g/mol. The van der Waals surface area contributed by atoms with Crippen molar-refractivity contribution in [1.82, 2.24) is 19.9 Å². The van der Waals surface area contributed by atoms with Crippen molar-refractivity contribution in [3.63, 3.8) is 0 Å². The molecule has 5 rings (SSSR count). The molecule has 0 aliphatic carbocycles. The maximum atomic E-state index is 4.94. The van der Waals surface area contributed by atoms with Crippen molar-refractivity contribution in [2.45, 2.75) is 13.0 Å². The summed E-state index contributed by atoms with van der Waals surface area (Å²) in [4.78, 5) is 20.6. The molecule has 2 aromatic heterocycles. The van der Waals surface area contributed by atoms with Crippen molar-refractivity contribution >= 4 is 16.7 Å². The van der Waals surface area contributed by atoms with Gasteiger partial charge in [0.05, 0.1) is 17.8 Å². The first kappa shape index (κ1) is 15.0. The van der Waals surface area contributed by atoms with Crippen LogP contribution in [0.4, 0.5) is 5.82 Å². The molecule has 26 heavy (non-hydrogen) atoms. The molecule has 0 radical (unpaired) electrons. The van der Waals surface area contributed by atoms with E-state index < -0.39 is 0 Å². The summed E-state index contributed by atoms with van der Waals surface area (Å²) in [6.07, 6.45) is 4.47. The van der Waals surface area contributed by atoms with Crippen molar-refractivity contribution in [2.24, 2.45) is 0 Å². The van der Waals surface area contributed by atoms with Gasteiger partial charge in [-0.15, -0.1) is 0 Å². The van der Waals surface area contributed by atoms with E-state index in [0.717, 1.165) is 53.3 Å². The van der Waals surface area contributed by atoms with Crippen LogP contribution in [0.25, 0.3) is 22.3 Å². The number of aromatic nitrogens is 4. The van der Waals surface area contributed by atoms with E-state index in [1.165, 1.54) is 5.56 Å². The van der Waals surface area contributed by atoms with Crippen LogP contribution in [-0.2, 0) is 13.0 Å². The molecule has 0 unspecified atom stereocenters. The van der Waals surface area contributed by atoms with Gasteiger partial charge in [0.15, 0.2) is 5.82 Å². The van der Waals surface area contributed by atoms with Crippen LogP contribution in [0, 0.1) is 0 Å². The van der Waals surface area contributed by atoms with Crippen molar-refractivity contribution in [3.05, 3.63) is 78.4 Å². The van der Waals surface area contributed by atoms with E-state index in [-0.39, 0.29) is 0 Å². The van der Waals surface area contributed by atoms with Gasteiger partial charge < -0.3 is 4.90 Å². The minimum atomic E-state index is 0.743. The largest absolute Gasteiger partial charge is 0.350 e. The van der Waals surface area contributed by atoms with Gasteiger partial charge in [-0.2, -0.15) is 0 Å². The van der Waals surface area contributed by atoms with E-state index in [9.17, 15) is 0 Å². The zero-order valence-corrected chi connectivity index (χ0v) is 14.2. The van der Waals surface area contributed by atoms with Gasteiger partial charge in [-0.1, -0.05) is 42.5 Å². The third-order valence-corrected chi connectivity index (χ3v) is 4.79. The van der Waals surface area contributed by atoms with Crippen LogP contribution in [0.15, 0.2) is 67.1 Å². The molecule has 4 aromatic rings. The van der Waals surface area contributed by atoms with Gasteiger partial charge >= 0.3 is 0 Å². The van der Waals surface area contributed by atoms with E-state index >= 15 is 0 Å². The Labute approximate surface area is 151 Å². The Balaban J connectivity index is 1.65. The van der Waals surface area contributed by atoms with Crippen LogP contribution >= 0.6 is 0 Å². The Morgan fingerprint density at radius 3 is 2.65 bits per heavy atom. The van der Waals surface area contributed by atoms with E-state index in [0.29, 0.717) is 0 Å². The highest BCUT2D eigenvalue weighted by atomic mass is 15.2. The van der Waals surface area contributed by atoms with Crippen LogP contribution in [0.5, 0.6) is 0 Å². The van der Waals surface area contributed by atoms with Gasteiger partial charge in [0.2, 0.25) is 0 Å². The fraction of sp³-hybridized carbons (Fsp3) is 0.143. The number of benzene rings is 2. The summed E-state index contributed by atoms with van der Waals surface area (Å²) in [6.45, 7) is 1.64. The molecule has 1 aliphatic heterocycles. The van der Waals surface area contributed by atoms with E-state index in [4.69, 9.17) is 9.97 Å². The second-order valence-corrected chi connectivity index (χ2v) is 6.42. The van der Waals surface area contributed by atoms with Crippen molar-refractivity contribution in [3.8, 4) is 11.4 Å². The number of nitrogens with zero attached hydrogens (tertiary/aromatic N) is 5.